The molecule has 10 heteroatoms. The molecule has 2 heterocycles. The van der Waals surface area contributed by atoms with Crippen LogP contribution in [0.1, 0.15) is 15.9 Å². The van der Waals surface area contributed by atoms with Crippen LogP contribution in [0.2, 0.25) is 0 Å². The average molecular weight is 426 g/mol. The molecule has 0 radical (unpaired) electrons. The van der Waals surface area contributed by atoms with Gasteiger partial charge in [0, 0.05) is 24.0 Å². The van der Waals surface area contributed by atoms with Crippen LogP contribution in [0, 0.1) is 0 Å². The summed E-state index contributed by atoms with van der Waals surface area (Å²) in [6.45, 7) is 0.0103. The third kappa shape index (κ3) is 3.46. The number of Topliss-reactive ketones (excluding diaryl/α,β-unsaturated/α-hetero) is 1. The van der Waals surface area contributed by atoms with Crippen LogP contribution in [-0.4, -0.2) is 55.0 Å². The molecule has 1 aliphatic rings. The Kier molecular flexibility index (Phi) is 4.88. The topological polar surface area (TPSA) is 130 Å². The molecule has 154 valence electrons. The second-order valence-electron chi connectivity index (χ2n) is 6.76. The van der Waals surface area contributed by atoms with Gasteiger partial charge in [-0.3, -0.25) is 4.79 Å². The Hall–Kier alpha value is -3.50. The molecule has 0 bridgehead atoms. The van der Waals surface area contributed by atoms with E-state index in [4.69, 9.17) is 0 Å². The largest absolute Gasteiger partial charge is 0.494 e. The molecule has 0 fully saturated rings. The van der Waals surface area contributed by atoms with E-state index in [1.165, 1.54) is 0 Å². The zero-order chi connectivity index (χ0) is 21.5. The molecule has 0 unspecified atom stereocenters. The van der Waals surface area contributed by atoms with Crippen molar-refractivity contribution in [3.8, 4) is 5.88 Å². The van der Waals surface area contributed by atoms with E-state index in [-0.39, 0.29) is 30.1 Å². The number of nitrogens with zero attached hydrogens (tertiary/aromatic N) is 2. The van der Waals surface area contributed by atoms with E-state index in [0.29, 0.717) is 22.2 Å². The molecule has 1 amide bonds. The maximum atomic E-state index is 12.9. The lowest BCUT2D eigenvalue weighted by Gasteiger charge is -2.08. The van der Waals surface area contributed by atoms with E-state index in [0.717, 1.165) is 10.8 Å². The van der Waals surface area contributed by atoms with Gasteiger partial charge in [-0.05, 0) is 18.2 Å². The first-order chi connectivity index (χ1) is 14.3. The molecule has 0 aliphatic carbocycles. The van der Waals surface area contributed by atoms with Crippen LogP contribution < -0.4 is 10.0 Å². The number of ketones is 1. The number of carbonyl (C=O) groups is 2. The lowest BCUT2D eigenvalue weighted by Crippen LogP contribution is -2.36. The summed E-state index contributed by atoms with van der Waals surface area (Å²) in [4.78, 5) is 30.0. The monoisotopic (exact) mass is 426 g/mol. The van der Waals surface area contributed by atoms with E-state index in [1.54, 1.807) is 48.5 Å². The SMILES string of the molecule is CS(=O)(=O)NCCNC(=O)n1c(O)c(C2=Nc3ccccc3C2=O)c2ccccc21. The van der Waals surface area contributed by atoms with Crippen molar-refractivity contribution in [2.24, 2.45) is 4.99 Å². The Balaban J connectivity index is 1.71. The molecule has 1 aliphatic heterocycles. The predicted octanol–water partition coefficient (Wildman–Crippen LogP) is 1.77. The van der Waals surface area contributed by atoms with Gasteiger partial charge in [-0.1, -0.05) is 30.3 Å². The molecule has 3 aromatic rings. The zero-order valence-corrected chi connectivity index (χ0v) is 16.7. The minimum atomic E-state index is -3.38. The highest BCUT2D eigenvalue weighted by Crippen LogP contribution is 2.37. The number of fused-ring (bicyclic) bond motifs is 2. The Labute approximate surface area is 172 Å². The summed E-state index contributed by atoms with van der Waals surface area (Å²) in [5.41, 5.74) is 1.57. The maximum Gasteiger partial charge on any atom is 0.328 e. The number of hydrogen-bond donors (Lipinski definition) is 3. The number of rotatable bonds is 5. The second kappa shape index (κ2) is 7.39. The standard InChI is InChI=1S/C20H18N4O5S/c1-30(28,29)22-11-10-21-20(27)24-15-9-5-3-7-13(15)16(19(24)26)17-18(25)12-6-2-4-8-14(12)23-17/h2-9,22,26H,10-11H2,1H3,(H,21,27). The highest BCUT2D eigenvalue weighted by molar-refractivity contribution is 7.88. The van der Waals surface area contributed by atoms with Crippen molar-refractivity contribution in [2.45, 2.75) is 0 Å². The first kappa shape index (κ1) is 19.8. The number of hydrogen-bond acceptors (Lipinski definition) is 6. The number of sulfonamides is 1. The molecule has 0 atom stereocenters. The Morgan fingerprint density at radius 2 is 1.80 bits per heavy atom. The van der Waals surface area contributed by atoms with E-state index in [9.17, 15) is 23.1 Å². The summed E-state index contributed by atoms with van der Waals surface area (Å²) in [5.74, 6) is -0.744. The quantitative estimate of drug-likeness (QED) is 0.536. The summed E-state index contributed by atoms with van der Waals surface area (Å²) in [7, 11) is -3.38. The van der Waals surface area contributed by atoms with Crippen LogP contribution in [-0.2, 0) is 10.0 Å². The number of carbonyl (C=O) groups excluding carboxylic acids is 2. The average Bonchev–Trinajstić information content (AvgIpc) is 3.18. The smallest absolute Gasteiger partial charge is 0.328 e. The van der Waals surface area contributed by atoms with Gasteiger partial charge in [0.15, 0.2) is 0 Å². The predicted molar refractivity (Wildman–Crippen MR) is 112 cm³/mol. The summed E-state index contributed by atoms with van der Waals surface area (Å²) in [5, 5.41) is 13.9. The molecular formula is C20H18N4O5S. The van der Waals surface area contributed by atoms with Crippen molar-refractivity contribution in [1.29, 1.82) is 0 Å². The number of amides is 1. The van der Waals surface area contributed by atoms with Gasteiger partial charge in [0.05, 0.1) is 23.0 Å². The molecule has 0 spiro atoms. The number of benzene rings is 2. The number of para-hydroxylation sites is 2. The van der Waals surface area contributed by atoms with Crippen LogP contribution in [0.5, 0.6) is 5.88 Å². The molecule has 9 nitrogen and oxygen atoms in total. The van der Waals surface area contributed by atoms with Gasteiger partial charge >= 0.3 is 6.03 Å². The lowest BCUT2D eigenvalue weighted by molar-refractivity contribution is 0.107. The molecular weight excluding hydrogens is 408 g/mol. The van der Waals surface area contributed by atoms with Crippen molar-refractivity contribution in [2.75, 3.05) is 19.3 Å². The van der Waals surface area contributed by atoms with Crippen LogP contribution in [0.4, 0.5) is 10.5 Å². The van der Waals surface area contributed by atoms with Crippen LogP contribution >= 0.6 is 0 Å². The number of aromatic hydroxyl groups is 1. The van der Waals surface area contributed by atoms with E-state index in [1.807, 2.05) is 0 Å². The van der Waals surface area contributed by atoms with Crippen molar-refractivity contribution in [3.05, 3.63) is 59.7 Å². The fourth-order valence-electron chi connectivity index (χ4n) is 3.38. The Morgan fingerprint density at radius 3 is 2.53 bits per heavy atom. The third-order valence-corrected chi connectivity index (χ3v) is 5.38. The van der Waals surface area contributed by atoms with Gasteiger partial charge < -0.3 is 10.4 Å². The highest BCUT2D eigenvalue weighted by Gasteiger charge is 2.32. The first-order valence-electron chi connectivity index (χ1n) is 9.06. The van der Waals surface area contributed by atoms with Crippen LogP contribution in [0.15, 0.2) is 53.5 Å². The van der Waals surface area contributed by atoms with Gasteiger partial charge in [0.1, 0.15) is 5.71 Å². The number of nitrogens with one attached hydrogen (secondary N) is 2. The van der Waals surface area contributed by atoms with Crippen molar-refractivity contribution >= 4 is 44.1 Å². The molecule has 0 saturated heterocycles. The third-order valence-electron chi connectivity index (χ3n) is 4.65. The summed E-state index contributed by atoms with van der Waals surface area (Å²) in [6, 6.07) is 13.0. The van der Waals surface area contributed by atoms with Gasteiger partial charge in [-0.2, -0.15) is 0 Å². The molecule has 3 N–H and O–H groups in total. The highest BCUT2D eigenvalue weighted by atomic mass is 32.2. The van der Waals surface area contributed by atoms with Gasteiger partial charge in [0.2, 0.25) is 21.7 Å². The van der Waals surface area contributed by atoms with Crippen molar-refractivity contribution in [3.63, 3.8) is 0 Å². The van der Waals surface area contributed by atoms with E-state index in [2.05, 4.69) is 15.0 Å². The van der Waals surface area contributed by atoms with Crippen LogP contribution in [0.25, 0.3) is 10.9 Å². The molecule has 30 heavy (non-hydrogen) atoms. The maximum absolute atomic E-state index is 12.9. The normalized spacial score (nSPS) is 13.4. The molecule has 4 rings (SSSR count). The molecule has 1 aromatic heterocycles. The van der Waals surface area contributed by atoms with E-state index < -0.39 is 21.9 Å². The molecule has 2 aromatic carbocycles. The number of aliphatic imine (C=N–C) groups is 1. The minimum Gasteiger partial charge on any atom is -0.494 e. The van der Waals surface area contributed by atoms with Crippen LogP contribution in [0.3, 0.4) is 0 Å². The first-order valence-corrected chi connectivity index (χ1v) is 10.9. The number of aromatic nitrogens is 1. The second-order valence-corrected chi connectivity index (χ2v) is 8.59. The minimum absolute atomic E-state index is 0.00209. The Bertz CT molecular complexity index is 1320. The zero-order valence-electron chi connectivity index (χ0n) is 15.9. The fraction of sp³-hybridized carbons (Fsp3) is 0.150. The summed E-state index contributed by atoms with van der Waals surface area (Å²) >= 11 is 0. The molecule has 0 saturated carbocycles. The summed E-state index contributed by atoms with van der Waals surface area (Å²) in [6.07, 6.45) is 1.02. The fourth-order valence-corrected chi connectivity index (χ4v) is 3.85. The van der Waals surface area contributed by atoms with Gasteiger partial charge in [-0.25, -0.2) is 27.5 Å². The van der Waals surface area contributed by atoms with E-state index >= 15 is 0 Å². The summed E-state index contributed by atoms with van der Waals surface area (Å²) < 4.78 is 25.6. The van der Waals surface area contributed by atoms with Gasteiger partial charge in [0.25, 0.3) is 0 Å². The van der Waals surface area contributed by atoms with Crippen molar-refractivity contribution in [1.82, 2.24) is 14.6 Å². The Morgan fingerprint density at radius 1 is 1.10 bits per heavy atom. The lowest BCUT2D eigenvalue weighted by atomic mass is 10.0. The van der Waals surface area contributed by atoms with Gasteiger partial charge in [-0.15, -0.1) is 0 Å². The van der Waals surface area contributed by atoms with Crippen molar-refractivity contribution < 1.29 is 23.1 Å².